The molecule has 1 N–H and O–H groups in total. The van der Waals surface area contributed by atoms with E-state index in [1.807, 2.05) is 19.1 Å². The number of carbonyl (C=O) groups is 1. The molecule has 0 aliphatic heterocycles. The monoisotopic (exact) mass is 391 g/mol. The smallest absolute Gasteiger partial charge is 0.308 e. The lowest BCUT2D eigenvalue weighted by Gasteiger charge is -2.07. The van der Waals surface area contributed by atoms with E-state index < -0.39 is 0 Å². The predicted molar refractivity (Wildman–Crippen MR) is 101 cm³/mol. The number of thiazole rings is 1. The number of carbonyl (C=O) groups excluding carboxylic acids is 1. The van der Waals surface area contributed by atoms with Gasteiger partial charge >= 0.3 is 4.87 Å². The summed E-state index contributed by atoms with van der Waals surface area (Å²) < 4.78 is 6.72. The number of halogens is 1. The topological polar surface area (TPSA) is 77.1 Å². The summed E-state index contributed by atoms with van der Waals surface area (Å²) >= 11 is 6.89. The van der Waals surface area contributed by atoms with Crippen LogP contribution in [0.25, 0.3) is 0 Å². The summed E-state index contributed by atoms with van der Waals surface area (Å²) in [6.45, 7) is 6.08. The van der Waals surface area contributed by atoms with Crippen molar-refractivity contribution in [3.8, 4) is 0 Å². The summed E-state index contributed by atoms with van der Waals surface area (Å²) in [7, 11) is 0. The summed E-state index contributed by atoms with van der Waals surface area (Å²) in [5, 5.41) is 7.36. The Labute approximate surface area is 159 Å². The molecule has 2 aromatic heterocycles. The van der Waals surface area contributed by atoms with Crippen LogP contribution in [-0.2, 0) is 13.1 Å². The number of amides is 1. The fraction of sp³-hybridized carbons (Fsp3) is 0.278. The van der Waals surface area contributed by atoms with Crippen molar-refractivity contribution in [1.29, 1.82) is 0 Å². The van der Waals surface area contributed by atoms with Crippen molar-refractivity contribution >= 4 is 28.8 Å². The van der Waals surface area contributed by atoms with Gasteiger partial charge in [-0.25, -0.2) is 0 Å². The normalized spacial score (nSPS) is 10.9. The maximum atomic E-state index is 12.5. The molecule has 2 heterocycles. The summed E-state index contributed by atoms with van der Waals surface area (Å²) in [5.41, 5.74) is 3.13. The third kappa shape index (κ3) is 3.73. The van der Waals surface area contributed by atoms with E-state index in [1.165, 1.54) is 0 Å². The van der Waals surface area contributed by atoms with Crippen LogP contribution >= 0.6 is 22.9 Å². The molecule has 0 radical (unpaired) electrons. The molecule has 0 fully saturated rings. The molecule has 3 aromatic rings. The highest BCUT2D eigenvalue weighted by Gasteiger charge is 2.19. The Morgan fingerprint density at radius 3 is 2.77 bits per heavy atom. The Morgan fingerprint density at radius 2 is 2.12 bits per heavy atom. The second kappa shape index (κ2) is 7.47. The van der Waals surface area contributed by atoms with Crippen LogP contribution in [0.1, 0.15) is 37.9 Å². The van der Waals surface area contributed by atoms with Gasteiger partial charge in [0.25, 0.3) is 5.91 Å². The lowest BCUT2D eigenvalue weighted by molar-refractivity contribution is 0.0954. The van der Waals surface area contributed by atoms with Crippen LogP contribution in [0.2, 0.25) is 5.02 Å². The van der Waals surface area contributed by atoms with Crippen LogP contribution < -0.4 is 10.2 Å². The maximum Gasteiger partial charge on any atom is 0.308 e. The number of hydrogen-bond donors (Lipinski definition) is 1. The van der Waals surface area contributed by atoms with Gasteiger partial charge in [-0.15, -0.1) is 0 Å². The van der Waals surface area contributed by atoms with Gasteiger partial charge in [0.15, 0.2) is 0 Å². The van der Waals surface area contributed by atoms with Crippen molar-refractivity contribution in [2.75, 3.05) is 0 Å². The molecule has 26 heavy (non-hydrogen) atoms. The van der Waals surface area contributed by atoms with Gasteiger partial charge in [0.1, 0.15) is 10.6 Å². The molecule has 0 bridgehead atoms. The summed E-state index contributed by atoms with van der Waals surface area (Å²) in [4.78, 5) is 25.1. The molecule has 0 atom stereocenters. The quantitative estimate of drug-likeness (QED) is 0.722. The molecule has 0 spiro atoms. The van der Waals surface area contributed by atoms with Crippen molar-refractivity contribution < 1.29 is 9.32 Å². The van der Waals surface area contributed by atoms with Crippen molar-refractivity contribution in [2.24, 2.45) is 0 Å². The Balaban J connectivity index is 1.79. The molecule has 0 saturated heterocycles. The Bertz CT molecular complexity index is 1000. The highest BCUT2D eigenvalue weighted by atomic mass is 35.5. The SMILES string of the molecule is Cc1noc(C)c1Cn1c(C)c(C(=O)NCc2cccc(Cl)c2)sc1=O. The summed E-state index contributed by atoms with van der Waals surface area (Å²) in [5.74, 6) is 0.397. The number of benzene rings is 1. The second-order valence-corrected chi connectivity index (χ2v) is 7.38. The molecule has 8 heteroatoms. The Hall–Kier alpha value is -2.38. The first kappa shape index (κ1) is 18.4. The van der Waals surface area contributed by atoms with Gasteiger partial charge in [-0.1, -0.05) is 40.2 Å². The van der Waals surface area contributed by atoms with E-state index in [0.29, 0.717) is 34.4 Å². The average Bonchev–Trinajstić information content (AvgIpc) is 3.07. The first-order valence-electron chi connectivity index (χ1n) is 8.01. The van der Waals surface area contributed by atoms with Crippen LogP contribution in [0, 0.1) is 20.8 Å². The van der Waals surface area contributed by atoms with Crippen LogP contribution in [0.15, 0.2) is 33.6 Å². The lowest BCUT2D eigenvalue weighted by atomic mass is 10.2. The Morgan fingerprint density at radius 1 is 1.35 bits per heavy atom. The van der Waals surface area contributed by atoms with Crippen molar-refractivity contribution in [1.82, 2.24) is 15.0 Å². The molecule has 0 aliphatic carbocycles. The molecule has 0 saturated carbocycles. The van der Waals surface area contributed by atoms with Crippen molar-refractivity contribution in [2.45, 2.75) is 33.9 Å². The largest absolute Gasteiger partial charge is 0.361 e. The number of rotatable bonds is 5. The highest BCUT2D eigenvalue weighted by molar-refractivity contribution is 7.11. The molecule has 0 unspecified atom stereocenters. The third-order valence-electron chi connectivity index (χ3n) is 4.19. The van der Waals surface area contributed by atoms with E-state index in [9.17, 15) is 9.59 Å². The van der Waals surface area contributed by atoms with Gasteiger partial charge < -0.3 is 9.84 Å². The Kier molecular flexibility index (Phi) is 5.29. The van der Waals surface area contributed by atoms with E-state index in [0.717, 1.165) is 28.2 Å². The minimum atomic E-state index is -0.276. The number of aryl methyl sites for hydroxylation is 2. The fourth-order valence-electron chi connectivity index (χ4n) is 2.66. The number of aromatic nitrogens is 2. The summed E-state index contributed by atoms with van der Waals surface area (Å²) in [6.07, 6.45) is 0. The van der Waals surface area contributed by atoms with Crippen LogP contribution in [-0.4, -0.2) is 15.6 Å². The molecule has 6 nitrogen and oxygen atoms in total. The van der Waals surface area contributed by atoms with Crippen LogP contribution in [0.4, 0.5) is 0 Å². The van der Waals surface area contributed by atoms with Gasteiger partial charge in [0, 0.05) is 22.8 Å². The van der Waals surface area contributed by atoms with E-state index in [-0.39, 0.29) is 10.8 Å². The lowest BCUT2D eigenvalue weighted by Crippen LogP contribution is -2.23. The van der Waals surface area contributed by atoms with E-state index >= 15 is 0 Å². The van der Waals surface area contributed by atoms with Crippen LogP contribution in [0.5, 0.6) is 0 Å². The minimum absolute atomic E-state index is 0.185. The minimum Gasteiger partial charge on any atom is -0.361 e. The molecular formula is C18H18ClN3O3S. The van der Waals surface area contributed by atoms with Crippen molar-refractivity contribution in [3.63, 3.8) is 0 Å². The van der Waals surface area contributed by atoms with E-state index in [1.54, 1.807) is 30.5 Å². The van der Waals surface area contributed by atoms with Gasteiger partial charge in [-0.3, -0.25) is 14.2 Å². The van der Waals surface area contributed by atoms with Gasteiger partial charge in [0.2, 0.25) is 0 Å². The van der Waals surface area contributed by atoms with Crippen molar-refractivity contribution in [3.05, 3.63) is 72.1 Å². The zero-order valence-corrected chi connectivity index (χ0v) is 16.2. The highest BCUT2D eigenvalue weighted by Crippen LogP contribution is 2.18. The molecule has 1 aromatic carbocycles. The second-order valence-electron chi connectivity index (χ2n) is 5.98. The number of hydrogen-bond acceptors (Lipinski definition) is 5. The molecule has 3 rings (SSSR count). The zero-order chi connectivity index (χ0) is 18.8. The average molecular weight is 392 g/mol. The standard InChI is InChI=1S/C18H18ClN3O3S/c1-10-15(12(3)25-21-10)9-22-11(2)16(26-18(22)24)17(23)20-8-13-5-4-6-14(19)7-13/h4-7H,8-9H2,1-3H3,(H,20,23). The van der Waals surface area contributed by atoms with E-state index in [4.69, 9.17) is 16.1 Å². The fourth-order valence-corrected chi connectivity index (χ4v) is 3.79. The molecular weight excluding hydrogens is 374 g/mol. The van der Waals surface area contributed by atoms with E-state index in [2.05, 4.69) is 10.5 Å². The maximum absolute atomic E-state index is 12.5. The number of nitrogens with one attached hydrogen (secondary N) is 1. The van der Waals surface area contributed by atoms with Gasteiger partial charge in [-0.05, 0) is 38.5 Å². The molecule has 136 valence electrons. The number of nitrogens with zero attached hydrogens (tertiary/aromatic N) is 2. The third-order valence-corrected chi connectivity index (χ3v) is 5.50. The van der Waals surface area contributed by atoms with Gasteiger partial charge in [0.05, 0.1) is 12.2 Å². The first-order chi connectivity index (χ1) is 12.4. The molecule has 1 amide bonds. The van der Waals surface area contributed by atoms with Crippen LogP contribution in [0.3, 0.4) is 0 Å². The van der Waals surface area contributed by atoms with Gasteiger partial charge in [-0.2, -0.15) is 0 Å². The predicted octanol–water partition coefficient (Wildman–Crippen LogP) is 3.45. The first-order valence-corrected chi connectivity index (χ1v) is 9.21. The summed E-state index contributed by atoms with van der Waals surface area (Å²) in [6, 6.07) is 7.27. The zero-order valence-electron chi connectivity index (χ0n) is 14.6. The molecule has 0 aliphatic rings.